The third kappa shape index (κ3) is 18.3. The Morgan fingerprint density at radius 2 is 1.35 bits per heavy atom. The minimum atomic E-state index is -1.52. The largest absolute Gasteiger partial charge is 0.508 e. The first kappa shape index (κ1) is 62.8. The Hall–Kier alpha value is -8.41. The van der Waals surface area contributed by atoms with Gasteiger partial charge in [0.05, 0.1) is 12.1 Å². The number of unbranched alkanes of at least 4 members (excludes halogenated alkanes) is 1. The molecule has 0 aliphatic carbocycles. The number of benzene rings is 4. The standard InChI is InChI=1S/C59H78N12O11/c1-33(2)50-59(82)67-45(56(79)71-51(34(3)72)52(62)75)17-9-11-27-63-49(74)25-24-46(65-53(76)42(61)29-36-18-21-37-12-4-5-13-38(37)28-36)54(77)68-47(30-35-19-22-40(73)23-20-35)57(80)69-48(31-39-32-64-43-15-7-6-14-41(39)43)58(81)66-44(55(78)70-50)16-8-10-26-60/h4-7,12-15,18-23,28,32-34,42,44-48,50-51,64,72-73H,8-11,16-17,24-27,29-31,60-61H2,1-3H3,(H2,62,75)(H,63,74)(H,65,76)(H,66,81)(H,67,82)(H,68,77)(H,69,80)(H,70,78)(H,71,79)/t34-,42-,44+,45?,46+,47+,48?,50?,51+/m1/s1. The van der Waals surface area contributed by atoms with Gasteiger partial charge in [0.15, 0.2) is 0 Å². The van der Waals surface area contributed by atoms with Crippen molar-refractivity contribution in [1.29, 1.82) is 0 Å². The van der Waals surface area contributed by atoms with Crippen LogP contribution in [0.4, 0.5) is 0 Å². The van der Waals surface area contributed by atoms with Crippen molar-refractivity contribution in [2.75, 3.05) is 13.1 Å². The zero-order chi connectivity index (χ0) is 59.5. The highest BCUT2D eigenvalue weighted by atomic mass is 16.3. The number of nitrogens with two attached hydrogens (primary N) is 3. The topological polar surface area (TPSA) is 384 Å². The van der Waals surface area contributed by atoms with E-state index < -0.39 is 114 Å². The summed E-state index contributed by atoms with van der Waals surface area (Å²) in [6.45, 7) is 4.90. The van der Waals surface area contributed by atoms with Crippen LogP contribution in [0.1, 0.15) is 88.8 Å². The number of hydrogen-bond acceptors (Lipinski definition) is 13. The van der Waals surface area contributed by atoms with E-state index in [1.165, 1.54) is 19.1 Å². The number of fused-ring (bicyclic) bond motifs is 2. The number of carbonyl (C=O) groups is 9. The molecule has 6 rings (SSSR count). The second-order valence-electron chi connectivity index (χ2n) is 21.3. The SMILES string of the molecule is CC(C)C1NC(=O)[C@H](CCCCN)NC(=O)C(Cc2c[nH]c3ccccc23)NC(=O)[C@H](Cc2ccc(O)cc2)NC(=O)[C@@H](NC(=O)[C@H](N)Cc2ccc3ccccc3c2)CCC(=O)NCCCCC(C(=O)N[C@H](C(N)=O)[C@@H](C)O)NC1=O. The highest BCUT2D eigenvalue weighted by Gasteiger charge is 2.36. The molecule has 4 aromatic carbocycles. The van der Waals surface area contributed by atoms with Crippen LogP contribution in [0.25, 0.3) is 21.7 Å². The van der Waals surface area contributed by atoms with E-state index in [1.54, 1.807) is 38.2 Å². The average molecular weight is 1130 g/mol. The Labute approximate surface area is 475 Å². The summed E-state index contributed by atoms with van der Waals surface area (Å²) in [5.74, 6) is -7.85. The number of carbonyl (C=O) groups excluding carboxylic acids is 9. The molecule has 23 nitrogen and oxygen atoms in total. The van der Waals surface area contributed by atoms with Crippen LogP contribution >= 0.6 is 0 Å². The Bertz CT molecular complexity index is 3040. The number of primary amides is 1. The number of nitrogens with one attached hydrogen (secondary N) is 9. The molecule has 5 aromatic rings. The second kappa shape index (κ2) is 30.4. The number of amides is 9. The van der Waals surface area contributed by atoms with Gasteiger partial charge in [-0.05, 0) is 116 Å². The molecule has 0 saturated carbocycles. The van der Waals surface area contributed by atoms with Crippen molar-refractivity contribution in [3.8, 4) is 5.75 Å². The van der Waals surface area contributed by atoms with Gasteiger partial charge in [-0.3, -0.25) is 43.2 Å². The molecule has 9 amide bonds. The van der Waals surface area contributed by atoms with Gasteiger partial charge >= 0.3 is 0 Å². The van der Waals surface area contributed by atoms with Gasteiger partial charge in [-0.2, -0.15) is 0 Å². The van der Waals surface area contributed by atoms with Gasteiger partial charge in [0, 0.05) is 42.9 Å². The maximum Gasteiger partial charge on any atom is 0.243 e. The Balaban J connectivity index is 1.37. The van der Waals surface area contributed by atoms with Crippen molar-refractivity contribution in [1.82, 2.24) is 47.5 Å². The van der Waals surface area contributed by atoms with Crippen LogP contribution in [0.5, 0.6) is 5.75 Å². The minimum absolute atomic E-state index is 0.0438. The molecular weight excluding hydrogens is 1050 g/mol. The predicted molar refractivity (Wildman–Crippen MR) is 308 cm³/mol. The van der Waals surface area contributed by atoms with E-state index >= 15 is 0 Å². The first-order valence-corrected chi connectivity index (χ1v) is 27.8. The number of H-pyrrole nitrogens is 1. The summed E-state index contributed by atoms with van der Waals surface area (Å²) in [6, 6.07) is 15.6. The molecule has 0 bridgehead atoms. The number of para-hydroxylation sites is 1. The zero-order valence-corrected chi connectivity index (χ0v) is 46.5. The fourth-order valence-electron chi connectivity index (χ4n) is 9.71. The van der Waals surface area contributed by atoms with Gasteiger partial charge in [0.25, 0.3) is 0 Å². The van der Waals surface area contributed by atoms with Crippen LogP contribution in [0, 0.1) is 5.92 Å². The molecule has 17 N–H and O–H groups in total. The van der Waals surface area contributed by atoms with Crippen LogP contribution in [0.3, 0.4) is 0 Å². The molecular formula is C59H78N12O11. The first-order valence-electron chi connectivity index (χ1n) is 27.8. The van der Waals surface area contributed by atoms with Crippen LogP contribution in [-0.4, -0.2) is 136 Å². The summed E-state index contributed by atoms with van der Waals surface area (Å²) in [6.07, 6.45) is 0.771. The van der Waals surface area contributed by atoms with E-state index in [0.717, 1.165) is 27.2 Å². The lowest BCUT2D eigenvalue weighted by atomic mass is 9.99. The van der Waals surface area contributed by atoms with E-state index in [1.807, 2.05) is 60.7 Å². The number of phenolic OH excluding ortho intramolecular Hbond substituents is 1. The lowest BCUT2D eigenvalue weighted by molar-refractivity contribution is -0.136. The zero-order valence-electron chi connectivity index (χ0n) is 46.5. The van der Waals surface area contributed by atoms with Gasteiger partial charge in [0.1, 0.15) is 48.0 Å². The molecule has 9 atom stereocenters. The minimum Gasteiger partial charge on any atom is -0.508 e. The van der Waals surface area contributed by atoms with Gasteiger partial charge < -0.3 is 74.9 Å². The number of aliphatic hydroxyl groups excluding tert-OH is 1. The molecule has 23 heteroatoms. The molecule has 1 aromatic heterocycles. The number of aromatic nitrogens is 1. The summed E-state index contributed by atoms with van der Waals surface area (Å²) in [5, 5.41) is 44.8. The summed E-state index contributed by atoms with van der Waals surface area (Å²) >= 11 is 0. The molecule has 1 aliphatic rings. The van der Waals surface area contributed by atoms with Crippen LogP contribution in [0.15, 0.2) is 97.2 Å². The molecule has 1 aliphatic heterocycles. The van der Waals surface area contributed by atoms with Crippen molar-refractivity contribution >= 4 is 74.8 Å². The van der Waals surface area contributed by atoms with Crippen LogP contribution < -0.4 is 59.7 Å². The number of aliphatic hydroxyl groups is 1. The summed E-state index contributed by atoms with van der Waals surface area (Å²) in [4.78, 5) is 130. The molecule has 2 heterocycles. The van der Waals surface area contributed by atoms with Gasteiger partial charge in [-0.15, -0.1) is 0 Å². The highest BCUT2D eigenvalue weighted by Crippen LogP contribution is 2.21. The Kier molecular flexibility index (Phi) is 23.3. The quantitative estimate of drug-likeness (QED) is 0.0565. The summed E-state index contributed by atoms with van der Waals surface area (Å²) in [7, 11) is 0. The van der Waals surface area contributed by atoms with Gasteiger partial charge in [-0.1, -0.05) is 86.6 Å². The average Bonchev–Trinajstić information content (AvgIpc) is 3.89. The molecule has 1 fully saturated rings. The highest BCUT2D eigenvalue weighted by molar-refractivity contribution is 5.98. The number of aromatic hydroxyl groups is 1. The van der Waals surface area contributed by atoms with Crippen molar-refractivity contribution in [3.63, 3.8) is 0 Å². The summed E-state index contributed by atoms with van der Waals surface area (Å²) < 4.78 is 0. The van der Waals surface area contributed by atoms with Gasteiger partial charge in [-0.25, -0.2) is 0 Å². The molecule has 82 heavy (non-hydrogen) atoms. The normalized spacial score (nSPS) is 21.5. The number of rotatable bonds is 17. The van der Waals surface area contributed by atoms with Crippen molar-refractivity contribution in [3.05, 3.63) is 114 Å². The van der Waals surface area contributed by atoms with E-state index in [0.29, 0.717) is 24.0 Å². The van der Waals surface area contributed by atoms with Crippen LogP contribution in [-0.2, 0) is 62.4 Å². The van der Waals surface area contributed by atoms with E-state index in [4.69, 9.17) is 17.2 Å². The Morgan fingerprint density at radius 1 is 0.707 bits per heavy atom. The third-order valence-corrected chi connectivity index (χ3v) is 14.4. The van der Waals surface area contributed by atoms with Crippen molar-refractivity contribution in [2.45, 2.75) is 146 Å². The number of aromatic amines is 1. The third-order valence-electron chi connectivity index (χ3n) is 14.4. The monoisotopic (exact) mass is 1130 g/mol. The smallest absolute Gasteiger partial charge is 0.243 e. The second-order valence-corrected chi connectivity index (χ2v) is 21.3. The van der Waals surface area contributed by atoms with Crippen molar-refractivity contribution < 1.29 is 53.4 Å². The van der Waals surface area contributed by atoms with E-state index in [-0.39, 0.29) is 76.6 Å². The van der Waals surface area contributed by atoms with Crippen LogP contribution in [0.2, 0.25) is 0 Å². The molecule has 0 spiro atoms. The molecule has 3 unspecified atom stereocenters. The van der Waals surface area contributed by atoms with Gasteiger partial charge in [0.2, 0.25) is 53.2 Å². The maximum absolute atomic E-state index is 14.9. The first-order chi connectivity index (χ1) is 39.2. The predicted octanol–water partition coefficient (Wildman–Crippen LogP) is 0.507. The van der Waals surface area contributed by atoms with Crippen molar-refractivity contribution in [2.24, 2.45) is 23.1 Å². The molecule has 0 radical (unpaired) electrons. The maximum atomic E-state index is 14.9. The lowest BCUT2D eigenvalue weighted by Gasteiger charge is -2.29. The molecule has 1 saturated heterocycles. The Morgan fingerprint density at radius 3 is 2.05 bits per heavy atom. The summed E-state index contributed by atoms with van der Waals surface area (Å²) in [5.41, 5.74) is 20.4. The molecule has 440 valence electrons. The van der Waals surface area contributed by atoms with E-state index in [2.05, 4.69) is 47.5 Å². The number of hydrogen-bond donors (Lipinski definition) is 14. The fraction of sp³-hybridized carbons (Fsp3) is 0.441. The fourth-order valence-corrected chi connectivity index (χ4v) is 9.71. The van der Waals surface area contributed by atoms with E-state index in [9.17, 15) is 53.4 Å². The number of phenols is 1. The lowest BCUT2D eigenvalue weighted by Crippen LogP contribution is -2.61.